The minimum atomic E-state index is -0.390. The van der Waals surface area contributed by atoms with Gasteiger partial charge in [0.15, 0.2) is 0 Å². The molecule has 0 atom stereocenters. The Morgan fingerprint density at radius 2 is 1.84 bits per heavy atom. The van der Waals surface area contributed by atoms with Gasteiger partial charge in [-0.2, -0.15) is 0 Å². The molecule has 0 aromatic heterocycles. The molecule has 0 bridgehead atoms. The second kappa shape index (κ2) is 11.6. The maximum Gasteiger partial charge on any atom is 0.337 e. The van der Waals surface area contributed by atoms with Crippen LogP contribution >= 0.6 is 0 Å². The Hall–Kier alpha value is -2.97. The minimum absolute atomic E-state index is 0.0802. The number of hydrogen-bond donors (Lipinski definition) is 1. The van der Waals surface area contributed by atoms with E-state index in [9.17, 15) is 14.0 Å². The van der Waals surface area contributed by atoms with Crippen molar-refractivity contribution in [2.75, 3.05) is 45.8 Å². The Kier molecular flexibility index (Phi) is 8.58. The van der Waals surface area contributed by atoms with Crippen LogP contribution in [0.25, 0.3) is 0 Å². The van der Waals surface area contributed by atoms with Gasteiger partial charge in [0.05, 0.1) is 19.3 Å². The molecular weight excluding hydrogens is 413 g/mol. The van der Waals surface area contributed by atoms with Crippen molar-refractivity contribution < 1.29 is 23.5 Å². The number of hydrogen-bond acceptors (Lipinski definition) is 5. The molecule has 7 nitrogen and oxygen atoms in total. The molecule has 2 aromatic rings. The molecule has 1 fully saturated rings. The largest absolute Gasteiger partial charge is 0.465 e. The zero-order chi connectivity index (χ0) is 22.9. The summed E-state index contributed by atoms with van der Waals surface area (Å²) in [5.41, 5.74) is 2.09. The first kappa shape index (κ1) is 23.7. The summed E-state index contributed by atoms with van der Waals surface area (Å²) in [5, 5.41) is 2.80. The number of amides is 2. The molecule has 2 amide bonds. The van der Waals surface area contributed by atoms with Crippen LogP contribution < -0.4 is 5.32 Å². The van der Waals surface area contributed by atoms with Crippen LogP contribution in [-0.2, 0) is 16.0 Å². The van der Waals surface area contributed by atoms with Crippen molar-refractivity contribution in [3.63, 3.8) is 0 Å². The lowest BCUT2D eigenvalue weighted by Gasteiger charge is -2.38. The van der Waals surface area contributed by atoms with Gasteiger partial charge in [0.2, 0.25) is 0 Å². The minimum Gasteiger partial charge on any atom is -0.465 e. The lowest BCUT2D eigenvalue weighted by molar-refractivity contribution is 0.0600. The maximum absolute atomic E-state index is 13.5. The van der Waals surface area contributed by atoms with E-state index in [-0.39, 0.29) is 23.9 Å². The van der Waals surface area contributed by atoms with Crippen molar-refractivity contribution in [1.82, 2.24) is 9.80 Å². The van der Waals surface area contributed by atoms with E-state index < -0.39 is 0 Å². The molecule has 0 aliphatic carbocycles. The van der Waals surface area contributed by atoms with Gasteiger partial charge in [-0.3, -0.25) is 4.90 Å². The summed E-state index contributed by atoms with van der Waals surface area (Å²) < 4.78 is 23.4. The quantitative estimate of drug-likeness (QED) is 0.629. The van der Waals surface area contributed by atoms with E-state index in [2.05, 4.69) is 10.2 Å². The third-order valence-corrected chi connectivity index (χ3v) is 5.65. The van der Waals surface area contributed by atoms with Gasteiger partial charge >= 0.3 is 12.0 Å². The first-order valence-corrected chi connectivity index (χ1v) is 10.7. The predicted molar refractivity (Wildman–Crippen MR) is 120 cm³/mol. The SMILES string of the molecule is COCCN(C(=O)Nc1cccc(F)c1)C1CCN(Cc2ccc(C(=O)OC)cc2)CC1. The van der Waals surface area contributed by atoms with Crippen molar-refractivity contribution in [2.24, 2.45) is 0 Å². The summed E-state index contributed by atoms with van der Waals surface area (Å²) in [7, 11) is 2.98. The molecule has 32 heavy (non-hydrogen) atoms. The Labute approximate surface area is 188 Å². The van der Waals surface area contributed by atoms with Crippen molar-refractivity contribution in [3.05, 3.63) is 65.5 Å². The van der Waals surface area contributed by atoms with E-state index in [1.807, 2.05) is 12.1 Å². The normalized spacial score (nSPS) is 14.7. The Morgan fingerprint density at radius 3 is 2.47 bits per heavy atom. The molecule has 1 N–H and O–H groups in total. The van der Waals surface area contributed by atoms with Crippen LogP contribution in [0.15, 0.2) is 48.5 Å². The van der Waals surface area contributed by atoms with Crippen molar-refractivity contribution in [2.45, 2.75) is 25.4 Å². The molecule has 8 heteroatoms. The van der Waals surface area contributed by atoms with Gasteiger partial charge in [-0.1, -0.05) is 18.2 Å². The van der Waals surface area contributed by atoms with Crippen LogP contribution in [0.4, 0.5) is 14.9 Å². The van der Waals surface area contributed by atoms with Crippen LogP contribution in [0.3, 0.4) is 0 Å². The van der Waals surface area contributed by atoms with Gasteiger partial charge in [-0.15, -0.1) is 0 Å². The van der Waals surface area contributed by atoms with E-state index in [1.54, 1.807) is 36.3 Å². The van der Waals surface area contributed by atoms with Crippen LogP contribution in [0.2, 0.25) is 0 Å². The first-order chi connectivity index (χ1) is 15.5. The maximum atomic E-state index is 13.5. The van der Waals surface area contributed by atoms with Crippen LogP contribution in [0, 0.1) is 5.82 Å². The Morgan fingerprint density at radius 1 is 1.12 bits per heavy atom. The van der Waals surface area contributed by atoms with Gasteiger partial charge in [0.1, 0.15) is 5.82 Å². The van der Waals surface area contributed by atoms with E-state index in [0.29, 0.717) is 24.4 Å². The molecule has 1 heterocycles. The predicted octanol–water partition coefficient (Wildman–Crippen LogP) is 3.76. The lowest BCUT2D eigenvalue weighted by atomic mass is 10.0. The number of carbonyl (C=O) groups is 2. The summed E-state index contributed by atoms with van der Waals surface area (Å²) >= 11 is 0. The smallest absolute Gasteiger partial charge is 0.337 e. The monoisotopic (exact) mass is 443 g/mol. The highest BCUT2D eigenvalue weighted by molar-refractivity contribution is 5.90. The number of anilines is 1. The summed E-state index contributed by atoms with van der Waals surface area (Å²) in [6.45, 7) is 3.38. The Bertz CT molecular complexity index is 898. The van der Waals surface area contributed by atoms with Crippen LogP contribution in [-0.4, -0.2) is 68.3 Å². The fourth-order valence-electron chi connectivity index (χ4n) is 3.91. The molecule has 1 aliphatic rings. The molecule has 0 radical (unpaired) electrons. The molecule has 0 saturated carbocycles. The number of esters is 1. The average molecular weight is 444 g/mol. The third kappa shape index (κ3) is 6.51. The number of likely N-dealkylation sites (tertiary alicyclic amines) is 1. The van der Waals surface area contributed by atoms with Gasteiger partial charge in [0, 0.05) is 45.0 Å². The fourth-order valence-corrected chi connectivity index (χ4v) is 3.91. The third-order valence-electron chi connectivity index (χ3n) is 5.65. The number of methoxy groups -OCH3 is 2. The highest BCUT2D eigenvalue weighted by atomic mass is 19.1. The highest BCUT2D eigenvalue weighted by Gasteiger charge is 2.28. The molecule has 1 saturated heterocycles. The number of nitrogens with zero attached hydrogens (tertiary/aromatic N) is 2. The lowest BCUT2D eigenvalue weighted by Crippen LogP contribution is -2.49. The molecule has 0 unspecified atom stereocenters. The number of ether oxygens (including phenoxy) is 2. The van der Waals surface area contributed by atoms with E-state index in [4.69, 9.17) is 9.47 Å². The summed E-state index contributed by atoms with van der Waals surface area (Å²) in [6.07, 6.45) is 1.67. The molecule has 2 aromatic carbocycles. The van der Waals surface area contributed by atoms with Crippen molar-refractivity contribution >= 4 is 17.7 Å². The zero-order valence-corrected chi connectivity index (χ0v) is 18.6. The molecule has 0 spiro atoms. The summed E-state index contributed by atoms with van der Waals surface area (Å²) in [6, 6.07) is 13.2. The molecule has 172 valence electrons. The number of benzene rings is 2. The molecular formula is C24H30FN3O4. The van der Waals surface area contributed by atoms with Crippen LogP contribution in [0.1, 0.15) is 28.8 Å². The van der Waals surface area contributed by atoms with Gasteiger partial charge in [-0.05, 0) is 48.7 Å². The zero-order valence-electron chi connectivity index (χ0n) is 18.6. The van der Waals surface area contributed by atoms with E-state index in [0.717, 1.165) is 38.0 Å². The van der Waals surface area contributed by atoms with Crippen LogP contribution in [0.5, 0.6) is 0 Å². The van der Waals surface area contributed by atoms with E-state index >= 15 is 0 Å². The number of halogens is 1. The summed E-state index contributed by atoms with van der Waals surface area (Å²) in [5.74, 6) is -0.732. The Balaban J connectivity index is 1.56. The number of rotatable bonds is 8. The fraction of sp³-hybridized carbons (Fsp3) is 0.417. The number of urea groups is 1. The van der Waals surface area contributed by atoms with E-state index in [1.165, 1.54) is 19.2 Å². The second-order valence-corrected chi connectivity index (χ2v) is 7.82. The first-order valence-electron chi connectivity index (χ1n) is 10.7. The van der Waals surface area contributed by atoms with Gasteiger partial charge < -0.3 is 19.7 Å². The molecule has 1 aliphatic heterocycles. The topological polar surface area (TPSA) is 71.1 Å². The van der Waals surface area contributed by atoms with Crippen molar-refractivity contribution in [1.29, 1.82) is 0 Å². The second-order valence-electron chi connectivity index (χ2n) is 7.82. The van der Waals surface area contributed by atoms with Crippen molar-refractivity contribution in [3.8, 4) is 0 Å². The average Bonchev–Trinajstić information content (AvgIpc) is 2.80. The van der Waals surface area contributed by atoms with Gasteiger partial charge in [0.25, 0.3) is 0 Å². The number of nitrogens with one attached hydrogen (secondary N) is 1. The summed E-state index contributed by atoms with van der Waals surface area (Å²) in [4.78, 5) is 28.6. The standard InChI is InChI=1S/C24H30FN3O4/c1-31-15-14-28(24(30)26-21-5-3-4-20(25)16-21)22-10-12-27(13-11-22)17-18-6-8-19(9-7-18)23(29)32-2/h3-9,16,22H,10-15,17H2,1-2H3,(H,26,30). The molecule has 3 rings (SSSR count). The number of piperidine rings is 1. The highest BCUT2D eigenvalue weighted by Crippen LogP contribution is 2.20. The van der Waals surface area contributed by atoms with Gasteiger partial charge in [-0.25, -0.2) is 14.0 Å². The number of carbonyl (C=O) groups excluding carboxylic acids is 2.